The summed E-state index contributed by atoms with van der Waals surface area (Å²) in [7, 11) is 1.56. The summed E-state index contributed by atoms with van der Waals surface area (Å²) >= 11 is 1.44. The summed E-state index contributed by atoms with van der Waals surface area (Å²) in [5.74, 6) is 1.24. The van der Waals surface area contributed by atoms with Crippen molar-refractivity contribution in [1.29, 1.82) is 5.26 Å². The number of pyridine rings is 2. The summed E-state index contributed by atoms with van der Waals surface area (Å²) in [5, 5.41) is 21.7. The van der Waals surface area contributed by atoms with E-state index in [-0.39, 0.29) is 11.7 Å². The van der Waals surface area contributed by atoms with E-state index in [1.807, 2.05) is 10.3 Å². The Morgan fingerprint density at radius 3 is 2.74 bits per heavy atom. The summed E-state index contributed by atoms with van der Waals surface area (Å²) in [6.45, 7) is 0.999. The number of nitrogens with two attached hydrogens (primary N) is 1. The molecule has 0 aromatic carbocycles. The molecule has 9 heteroatoms. The first-order valence-electron chi connectivity index (χ1n) is 8.19. The van der Waals surface area contributed by atoms with Gasteiger partial charge in [-0.1, -0.05) is 0 Å². The third-order valence-electron chi connectivity index (χ3n) is 4.26. The molecule has 27 heavy (non-hydrogen) atoms. The number of aromatic nitrogens is 3. The highest BCUT2D eigenvalue weighted by molar-refractivity contribution is 7.13. The molecule has 0 unspecified atom stereocenters. The van der Waals surface area contributed by atoms with Crippen molar-refractivity contribution in [3.05, 3.63) is 35.3 Å². The first-order valence-corrected chi connectivity index (χ1v) is 9.07. The molecule has 3 aromatic heterocycles. The molecule has 3 N–H and O–H groups in total. The van der Waals surface area contributed by atoms with Crippen LogP contribution in [0.3, 0.4) is 0 Å². The number of nitriles is 1. The largest absolute Gasteiger partial charge is 0.497 e. The maximum absolute atomic E-state index is 9.59. The molecule has 0 bridgehead atoms. The van der Waals surface area contributed by atoms with Crippen LogP contribution in [0.15, 0.2) is 29.8 Å². The maximum atomic E-state index is 9.59. The van der Waals surface area contributed by atoms with Gasteiger partial charge < -0.3 is 20.5 Å². The lowest BCUT2D eigenvalue weighted by molar-refractivity contribution is 0.141. The number of nitrogens with zero attached hydrogens (tertiary/aromatic N) is 5. The molecule has 3 aromatic rings. The Kier molecular flexibility index (Phi) is 4.35. The molecule has 0 radical (unpaired) electrons. The fourth-order valence-electron chi connectivity index (χ4n) is 2.86. The number of hydrogen-bond donors (Lipinski definition) is 2. The number of ether oxygens (including phenoxy) is 1. The predicted molar refractivity (Wildman–Crippen MR) is 102 cm³/mol. The van der Waals surface area contributed by atoms with Gasteiger partial charge in [-0.2, -0.15) is 5.26 Å². The van der Waals surface area contributed by atoms with E-state index in [0.717, 1.165) is 0 Å². The maximum Gasteiger partial charge on any atom is 0.141 e. The van der Waals surface area contributed by atoms with Crippen LogP contribution in [0.1, 0.15) is 5.56 Å². The fourth-order valence-corrected chi connectivity index (χ4v) is 3.46. The monoisotopic (exact) mass is 380 g/mol. The molecule has 136 valence electrons. The molecule has 0 aliphatic carbocycles. The average Bonchev–Trinajstić information content (AvgIpc) is 3.19. The van der Waals surface area contributed by atoms with Crippen molar-refractivity contribution >= 4 is 22.8 Å². The Balaban J connectivity index is 1.87. The minimum absolute atomic E-state index is 0.255. The minimum atomic E-state index is -0.363. The molecule has 0 saturated carbocycles. The van der Waals surface area contributed by atoms with E-state index >= 15 is 0 Å². The Hall–Kier alpha value is -3.22. The van der Waals surface area contributed by atoms with Gasteiger partial charge in [0.25, 0.3) is 0 Å². The lowest BCUT2D eigenvalue weighted by atomic mass is 10.1. The standard InChI is InChI=1S/C18H16N6O2S/c1-26-11-4-14(22-16(5-11)24-8-10(25)9-24)17-12(7-19)13(20)6-15(23-17)18-21-2-3-27-18/h2-6,10,25H,8-9H2,1H3,(H2,20,23). The first kappa shape index (κ1) is 17.2. The highest BCUT2D eigenvalue weighted by Gasteiger charge is 2.27. The summed E-state index contributed by atoms with van der Waals surface area (Å²) in [6.07, 6.45) is 1.32. The number of nitrogen functional groups attached to an aromatic ring is 1. The van der Waals surface area contributed by atoms with Gasteiger partial charge in [0.1, 0.15) is 39.6 Å². The highest BCUT2D eigenvalue weighted by Crippen LogP contribution is 2.33. The van der Waals surface area contributed by atoms with Crippen LogP contribution in [0.4, 0.5) is 11.5 Å². The SMILES string of the molecule is COc1cc(-c2nc(-c3nccs3)cc(N)c2C#N)nc(N2CC(O)C2)c1. The predicted octanol–water partition coefficient (Wildman–Crippen LogP) is 1.91. The second-order valence-electron chi connectivity index (χ2n) is 6.08. The highest BCUT2D eigenvalue weighted by atomic mass is 32.1. The summed E-state index contributed by atoms with van der Waals surface area (Å²) < 4.78 is 5.39. The van der Waals surface area contributed by atoms with Crippen LogP contribution in [0.25, 0.3) is 22.1 Å². The summed E-state index contributed by atoms with van der Waals surface area (Å²) in [5.41, 5.74) is 8.13. The molecule has 1 aliphatic rings. The number of aliphatic hydroxyl groups is 1. The van der Waals surface area contributed by atoms with Crippen molar-refractivity contribution in [3.63, 3.8) is 0 Å². The molecule has 4 heterocycles. The van der Waals surface area contributed by atoms with Crippen LogP contribution in [0.5, 0.6) is 5.75 Å². The zero-order chi connectivity index (χ0) is 19.0. The number of aliphatic hydroxyl groups excluding tert-OH is 1. The van der Waals surface area contributed by atoms with Gasteiger partial charge in [0.15, 0.2) is 0 Å². The van der Waals surface area contributed by atoms with E-state index < -0.39 is 0 Å². The van der Waals surface area contributed by atoms with Crippen molar-refractivity contribution < 1.29 is 9.84 Å². The van der Waals surface area contributed by atoms with E-state index in [0.29, 0.717) is 52.4 Å². The molecule has 0 amide bonds. The first-order chi connectivity index (χ1) is 13.1. The minimum Gasteiger partial charge on any atom is -0.497 e. The molecule has 1 fully saturated rings. The van der Waals surface area contributed by atoms with Crippen LogP contribution in [0, 0.1) is 11.3 Å². The lowest BCUT2D eigenvalue weighted by Gasteiger charge is -2.37. The third-order valence-corrected chi connectivity index (χ3v) is 5.06. The number of anilines is 2. The van der Waals surface area contributed by atoms with Crippen LogP contribution in [-0.4, -0.2) is 46.4 Å². The van der Waals surface area contributed by atoms with Crippen molar-refractivity contribution in [1.82, 2.24) is 15.0 Å². The lowest BCUT2D eigenvalue weighted by Crippen LogP contribution is -2.51. The van der Waals surface area contributed by atoms with E-state index in [4.69, 9.17) is 10.5 Å². The molecule has 4 rings (SSSR count). The number of methoxy groups -OCH3 is 1. The molecule has 1 saturated heterocycles. The summed E-state index contributed by atoms with van der Waals surface area (Å²) in [6, 6.07) is 7.27. The average molecular weight is 380 g/mol. The van der Waals surface area contributed by atoms with Gasteiger partial charge in [0.05, 0.1) is 24.6 Å². The van der Waals surface area contributed by atoms with Crippen LogP contribution in [0.2, 0.25) is 0 Å². The third kappa shape index (κ3) is 3.16. The van der Waals surface area contributed by atoms with E-state index in [1.54, 1.807) is 31.5 Å². The quantitative estimate of drug-likeness (QED) is 0.704. The zero-order valence-corrected chi connectivity index (χ0v) is 15.3. The normalized spacial score (nSPS) is 13.9. The van der Waals surface area contributed by atoms with Crippen LogP contribution in [-0.2, 0) is 0 Å². The number of rotatable bonds is 4. The fraction of sp³-hybridized carbons (Fsp3) is 0.222. The van der Waals surface area contributed by atoms with Gasteiger partial charge >= 0.3 is 0 Å². The number of thiazole rings is 1. The van der Waals surface area contributed by atoms with Gasteiger partial charge in [-0.3, -0.25) is 0 Å². The molecule has 1 aliphatic heterocycles. The van der Waals surface area contributed by atoms with Crippen molar-refractivity contribution in [2.45, 2.75) is 6.10 Å². The van der Waals surface area contributed by atoms with Gasteiger partial charge in [0.2, 0.25) is 0 Å². The van der Waals surface area contributed by atoms with Crippen LogP contribution < -0.4 is 15.4 Å². The Morgan fingerprint density at radius 2 is 2.11 bits per heavy atom. The molecular weight excluding hydrogens is 364 g/mol. The van der Waals surface area contributed by atoms with Crippen molar-refractivity contribution in [2.75, 3.05) is 30.8 Å². The molecule has 8 nitrogen and oxygen atoms in total. The molecule has 0 spiro atoms. The van der Waals surface area contributed by atoms with Gasteiger partial charge in [-0.05, 0) is 6.07 Å². The second kappa shape index (κ2) is 6.83. The van der Waals surface area contributed by atoms with E-state index in [1.165, 1.54) is 11.3 Å². The smallest absolute Gasteiger partial charge is 0.141 e. The second-order valence-corrected chi connectivity index (χ2v) is 6.97. The van der Waals surface area contributed by atoms with Crippen molar-refractivity contribution in [3.8, 4) is 33.9 Å². The van der Waals surface area contributed by atoms with Gasteiger partial charge in [0, 0.05) is 36.8 Å². The van der Waals surface area contributed by atoms with E-state index in [2.05, 4.69) is 21.0 Å². The Labute approximate surface area is 159 Å². The zero-order valence-electron chi connectivity index (χ0n) is 14.5. The van der Waals surface area contributed by atoms with E-state index in [9.17, 15) is 10.4 Å². The topological polar surface area (TPSA) is 121 Å². The summed E-state index contributed by atoms with van der Waals surface area (Å²) in [4.78, 5) is 15.4. The van der Waals surface area contributed by atoms with Gasteiger partial charge in [-0.25, -0.2) is 15.0 Å². The molecule has 0 atom stereocenters. The van der Waals surface area contributed by atoms with Gasteiger partial charge in [-0.15, -0.1) is 11.3 Å². The van der Waals surface area contributed by atoms with Crippen molar-refractivity contribution in [2.24, 2.45) is 0 Å². The number of hydrogen-bond acceptors (Lipinski definition) is 9. The Morgan fingerprint density at radius 1 is 1.30 bits per heavy atom. The van der Waals surface area contributed by atoms with Crippen LogP contribution >= 0.6 is 11.3 Å². The number of β-amino-alcohol motifs (C(OH)–C–C–N with tert-alkyl or cyclic N) is 1. The Bertz CT molecular complexity index is 1030. The molecular formula is C18H16N6O2S.